The summed E-state index contributed by atoms with van der Waals surface area (Å²) < 4.78 is 10.5. The van der Waals surface area contributed by atoms with Gasteiger partial charge in [0.1, 0.15) is 11.1 Å². The molecule has 0 saturated carbocycles. The van der Waals surface area contributed by atoms with E-state index in [0.29, 0.717) is 18.7 Å². The molecular weight excluding hydrogens is 334 g/mol. The second kappa shape index (κ2) is 7.42. The Morgan fingerprint density at radius 3 is 2.62 bits per heavy atom. The van der Waals surface area contributed by atoms with Gasteiger partial charge in [0.05, 0.1) is 6.42 Å². The number of alkyl carbamates (subject to hydrolysis) is 1. The van der Waals surface area contributed by atoms with Crippen molar-refractivity contribution < 1.29 is 24.0 Å². The Kier molecular flexibility index (Phi) is 5.74. The summed E-state index contributed by atoms with van der Waals surface area (Å²) in [6.07, 6.45) is 0.888. The van der Waals surface area contributed by atoms with Crippen molar-refractivity contribution in [2.75, 3.05) is 11.5 Å². The third-order valence-electron chi connectivity index (χ3n) is 3.54. The van der Waals surface area contributed by atoms with Crippen LogP contribution in [0.2, 0.25) is 0 Å². The molecule has 1 saturated heterocycles. The lowest BCUT2D eigenvalue weighted by atomic mass is 9.91. The van der Waals surface area contributed by atoms with E-state index in [9.17, 15) is 9.59 Å². The number of amides is 1. The van der Waals surface area contributed by atoms with Gasteiger partial charge in [-0.2, -0.15) is 16.7 Å². The molecule has 2 N–H and O–H groups in total. The van der Waals surface area contributed by atoms with Gasteiger partial charge >= 0.3 is 12.1 Å². The molecule has 0 spiro atoms. The Bertz CT molecular complexity index is 590. The van der Waals surface area contributed by atoms with Crippen LogP contribution in [0.4, 0.5) is 4.79 Å². The van der Waals surface area contributed by atoms with Gasteiger partial charge in [-0.3, -0.25) is 4.79 Å². The van der Waals surface area contributed by atoms with E-state index in [2.05, 4.69) is 15.5 Å². The lowest BCUT2D eigenvalue weighted by molar-refractivity contribution is -0.137. The Morgan fingerprint density at radius 2 is 2.04 bits per heavy atom. The number of rotatable bonds is 5. The predicted molar refractivity (Wildman–Crippen MR) is 87.9 cm³/mol. The number of hydrogen-bond acceptors (Lipinski definition) is 7. The topological polar surface area (TPSA) is 115 Å². The second-order valence-electron chi connectivity index (χ2n) is 6.73. The second-order valence-corrected chi connectivity index (χ2v) is 7.95. The first kappa shape index (κ1) is 18.6. The van der Waals surface area contributed by atoms with Crippen LogP contribution in [-0.4, -0.2) is 44.4 Å². The van der Waals surface area contributed by atoms with Gasteiger partial charge in [-0.1, -0.05) is 5.16 Å². The van der Waals surface area contributed by atoms with E-state index in [4.69, 9.17) is 14.4 Å². The maximum Gasteiger partial charge on any atom is 0.408 e. The number of hydrogen-bond donors (Lipinski definition) is 2. The molecule has 0 aliphatic carbocycles. The van der Waals surface area contributed by atoms with Crippen molar-refractivity contribution in [3.05, 3.63) is 11.7 Å². The number of aromatic nitrogens is 2. The molecule has 1 aliphatic rings. The average molecular weight is 357 g/mol. The van der Waals surface area contributed by atoms with E-state index < -0.39 is 23.2 Å². The normalized spacial score (nSPS) is 17.3. The molecule has 1 aromatic heterocycles. The van der Waals surface area contributed by atoms with Crippen LogP contribution in [0.1, 0.15) is 51.7 Å². The lowest BCUT2D eigenvalue weighted by Crippen LogP contribution is -2.50. The fourth-order valence-corrected chi connectivity index (χ4v) is 3.58. The van der Waals surface area contributed by atoms with Crippen molar-refractivity contribution in [3.63, 3.8) is 0 Å². The molecule has 8 nitrogen and oxygen atoms in total. The summed E-state index contributed by atoms with van der Waals surface area (Å²) in [7, 11) is 0. The number of ether oxygens (including phenoxy) is 1. The molecule has 2 rings (SSSR count). The summed E-state index contributed by atoms with van der Waals surface area (Å²) in [6, 6.07) is 0. The number of nitrogens with zero attached hydrogens (tertiary/aromatic N) is 2. The number of carbonyl (C=O) groups excluding carboxylic acids is 1. The number of aryl methyl sites for hydroxylation is 1. The molecule has 1 aliphatic heterocycles. The Balaban J connectivity index is 2.15. The number of nitrogens with one attached hydrogen (secondary N) is 1. The molecule has 0 bridgehead atoms. The van der Waals surface area contributed by atoms with Gasteiger partial charge in [0.15, 0.2) is 5.82 Å². The summed E-state index contributed by atoms with van der Waals surface area (Å²) in [5.41, 5.74) is -1.34. The zero-order valence-electron chi connectivity index (χ0n) is 14.1. The van der Waals surface area contributed by atoms with Crippen LogP contribution in [0.15, 0.2) is 4.52 Å². The van der Waals surface area contributed by atoms with Crippen molar-refractivity contribution in [3.8, 4) is 0 Å². The van der Waals surface area contributed by atoms with E-state index in [-0.39, 0.29) is 18.7 Å². The van der Waals surface area contributed by atoms with Crippen molar-refractivity contribution >= 4 is 23.8 Å². The first-order chi connectivity index (χ1) is 11.2. The summed E-state index contributed by atoms with van der Waals surface area (Å²) in [4.78, 5) is 27.2. The quantitative estimate of drug-likeness (QED) is 0.825. The van der Waals surface area contributed by atoms with Gasteiger partial charge in [-0.15, -0.1) is 0 Å². The first-order valence-corrected chi connectivity index (χ1v) is 8.99. The molecule has 0 unspecified atom stereocenters. The summed E-state index contributed by atoms with van der Waals surface area (Å²) in [6.45, 7) is 5.40. The van der Waals surface area contributed by atoms with E-state index in [1.54, 1.807) is 32.5 Å². The molecular formula is C15H23N3O5S. The highest BCUT2D eigenvalue weighted by atomic mass is 32.2. The van der Waals surface area contributed by atoms with Crippen LogP contribution in [-0.2, 0) is 21.5 Å². The minimum absolute atomic E-state index is 0.0794. The maximum atomic E-state index is 12.2. The van der Waals surface area contributed by atoms with Gasteiger partial charge in [-0.05, 0) is 45.1 Å². The van der Waals surface area contributed by atoms with Crippen molar-refractivity contribution in [1.82, 2.24) is 15.5 Å². The SMILES string of the molecule is CC(C)(C)OC(=O)NC1(c2noc(CCC(=O)O)n2)CCSCC1. The van der Waals surface area contributed by atoms with Crippen molar-refractivity contribution in [1.29, 1.82) is 0 Å². The molecule has 2 heterocycles. The molecule has 0 atom stereocenters. The Labute approximate surface area is 144 Å². The van der Waals surface area contributed by atoms with Gasteiger partial charge in [-0.25, -0.2) is 4.79 Å². The minimum Gasteiger partial charge on any atom is -0.481 e. The van der Waals surface area contributed by atoms with Gasteiger partial charge < -0.3 is 19.7 Å². The highest BCUT2D eigenvalue weighted by Crippen LogP contribution is 2.35. The molecule has 9 heteroatoms. The summed E-state index contributed by atoms with van der Waals surface area (Å²) >= 11 is 1.80. The highest BCUT2D eigenvalue weighted by Gasteiger charge is 2.41. The zero-order chi connectivity index (χ0) is 17.8. The fourth-order valence-electron chi connectivity index (χ4n) is 2.39. The highest BCUT2D eigenvalue weighted by molar-refractivity contribution is 7.99. The number of carboxylic acid groups (broad SMARTS) is 1. The zero-order valence-corrected chi connectivity index (χ0v) is 14.9. The average Bonchev–Trinajstić information content (AvgIpc) is 2.93. The number of aliphatic carboxylic acids is 1. The van der Waals surface area contributed by atoms with Crippen LogP contribution < -0.4 is 5.32 Å². The predicted octanol–water partition coefficient (Wildman–Crippen LogP) is 2.33. The molecule has 1 amide bonds. The number of carbonyl (C=O) groups is 2. The first-order valence-electron chi connectivity index (χ1n) is 7.84. The molecule has 0 radical (unpaired) electrons. The van der Waals surface area contributed by atoms with E-state index >= 15 is 0 Å². The van der Waals surface area contributed by atoms with Gasteiger partial charge in [0, 0.05) is 6.42 Å². The molecule has 1 aromatic rings. The smallest absolute Gasteiger partial charge is 0.408 e. The lowest BCUT2D eigenvalue weighted by Gasteiger charge is -2.35. The van der Waals surface area contributed by atoms with Gasteiger partial charge in [0.25, 0.3) is 0 Å². The summed E-state index contributed by atoms with van der Waals surface area (Å²) in [5, 5.41) is 15.6. The minimum atomic E-state index is -0.926. The Morgan fingerprint density at radius 1 is 1.38 bits per heavy atom. The van der Waals surface area contributed by atoms with Crippen LogP contribution in [0.3, 0.4) is 0 Å². The van der Waals surface area contributed by atoms with Crippen molar-refractivity contribution in [2.24, 2.45) is 0 Å². The van der Waals surface area contributed by atoms with Crippen LogP contribution in [0.5, 0.6) is 0 Å². The fraction of sp³-hybridized carbons (Fsp3) is 0.733. The Hall–Kier alpha value is -1.77. The third-order valence-corrected chi connectivity index (χ3v) is 4.52. The molecule has 134 valence electrons. The molecule has 0 aromatic carbocycles. The summed E-state index contributed by atoms with van der Waals surface area (Å²) in [5.74, 6) is 1.43. The van der Waals surface area contributed by atoms with Crippen molar-refractivity contribution in [2.45, 2.75) is 57.6 Å². The van der Waals surface area contributed by atoms with Crippen LogP contribution in [0, 0.1) is 0 Å². The largest absolute Gasteiger partial charge is 0.481 e. The maximum absolute atomic E-state index is 12.2. The van der Waals surface area contributed by atoms with Crippen LogP contribution in [0.25, 0.3) is 0 Å². The van der Waals surface area contributed by atoms with Gasteiger partial charge in [0.2, 0.25) is 5.89 Å². The number of carboxylic acids is 1. The monoisotopic (exact) mass is 357 g/mol. The molecule has 1 fully saturated rings. The van der Waals surface area contributed by atoms with E-state index in [1.807, 2.05) is 0 Å². The van der Waals surface area contributed by atoms with E-state index in [1.165, 1.54) is 0 Å². The standard InChI is InChI=1S/C15H23N3O5S/c1-14(2,3)22-13(21)17-15(6-8-24-9-7-15)12-16-10(23-18-12)4-5-11(19)20/h4-9H2,1-3H3,(H,17,21)(H,19,20). The van der Waals surface area contributed by atoms with Crippen LogP contribution >= 0.6 is 11.8 Å². The van der Waals surface area contributed by atoms with E-state index in [0.717, 1.165) is 11.5 Å². The number of thioether (sulfide) groups is 1. The third kappa shape index (κ3) is 5.12. The molecule has 24 heavy (non-hydrogen) atoms.